The molecule has 3 heterocycles. The summed E-state index contributed by atoms with van der Waals surface area (Å²) in [6.07, 6.45) is 3.25. The highest BCUT2D eigenvalue weighted by molar-refractivity contribution is 6.15. The van der Waals surface area contributed by atoms with Crippen LogP contribution in [0.5, 0.6) is 11.5 Å². The Morgan fingerprint density at radius 2 is 1.97 bits per heavy atom. The van der Waals surface area contributed by atoms with Gasteiger partial charge in [0, 0.05) is 24.5 Å². The minimum absolute atomic E-state index is 0.0342. The smallest absolute Gasteiger partial charge is 0.290 e. The van der Waals surface area contributed by atoms with Crippen LogP contribution in [0.15, 0.2) is 70.6 Å². The maximum absolute atomic E-state index is 13.4. The number of rotatable bonds is 7. The second-order valence-electron chi connectivity index (χ2n) is 7.28. The Morgan fingerprint density at radius 3 is 2.59 bits per heavy atom. The molecule has 3 aromatic rings. The van der Waals surface area contributed by atoms with Crippen LogP contribution in [0.1, 0.15) is 33.5 Å². The molecule has 1 aliphatic rings. The van der Waals surface area contributed by atoms with E-state index in [1.54, 1.807) is 49.6 Å². The molecular formula is C24H22N2O6. The molecule has 0 saturated heterocycles. The topological polar surface area (TPSA) is 102 Å². The van der Waals surface area contributed by atoms with Crippen LogP contribution < -0.4 is 9.47 Å². The van der Waals surface area contributed by atoms with Crippen LogP contribution in [0.2, 0.25) is 0 Å². The number of nitrogens with zero attached hydrogens (tertiary/aromatic N) is 2. The zero-order valence-corrected chi connectivity index (χ0v) is 17.9. The second kappa shape index (κ2) is 8.58. The van der Waals surface area contributed by atoms with Crippen molar-refractivity contribution in [3.8, 4) is 11.5 Å². The van der Waals surface area contributed by atoms with E-state index in [1.165, 1.54) is 25.2 Å². The number of hydrogen-bond donors (Lipinski definition) is 1. The molecule has 0 fully saturated rings. The molecule has 1 N–H and O–H groups in total. The molecule has 1 atom stereocenters. The van der Waals surface area contributed by atoms with E-state index in [0.717, 1.165) is 5.56 Å². The molecule has 32 heavy (non-hydrogen) atoms. The minimum Gasteiger partial charge on any atom is -0.503 e. The summed E-state index contributed by atoms with van der Waals surface area (Å²) in [5.74, 6) is -0.497. The van der Waals surface area contributed by atoms with Crippen molar-refractivity contribution in [3.05, 3.63) is 88.8 Å². The number of amides is 1. The predicted octanol–water partition coefficient (Wildman–Crippen LogP) is 3.78. The summed E-state index contributed by atoms with van der Waals surface area (Å²) in [6.45, 7) is 1.83. The number of furan rings is 1. The van der Waals surface area contributed by atoms with Crippen LogP contribution in [0.3, 0.4) is 0 Å². The largest absolute Gasteiger partial charge is 0.503 e. The lowest BCUT2D eigenvalue weighted by molar-refractivity contribution is -0.130. The molecule has 0 bridgehead atoms. The Balaban J connectivity index is 1.88. The molecule has 8 heteroatoms. The fraction of sp³-hybridized carbons (Fsp3) is 0.208. The van der Waals surface area contributed by atoms with E-state index in [0.29, 0.717) is 22.8 Å². The van der Waals surface area contributed by atoms with Crippen molar-refractivity contribution in [1.29, 1.82) is 0 Å². The third-order valence-corrected chi connectivity index (χ3v) is 5.32. The van der Waals surface area contributed by atoms with Gasteiger partial charge in [-0.2, -0.15) is 0 Å². The lowest BCUT2D eigenvalue weighted by Crippen LogP contribution is -2.31. The number of aryl methyl sites for hydroxylation is 1. The number of aliphatic hydroxyl groups is 1. The highest BCUT2D eigenvalue weighted by Gasteiger charge is 2.45. The van der Waals surface area contributed by atoms with Gasteiger partial charge in [0.05, 0.1) is 25.8 Å². The molecule has 1 unspecified atom stereocenters. The molecular weight excluding hydrogens is 412 g/mol. The summed E-state index contributed by atoms with van der Waals surface area (Å²) in [5.41, 5.74) is 1.16. The number of carbonyl (C=O) groups is 2. The fourth-order valence-electron chi connectivity index (χ4n) is 3.88. The monoisotopic (exact) mass is 434 g/mol. The van der Waals surface area contributed by atoms with Gasteiger partial charge in [0.15, 0.2) is 23.0 Å². The third kappa shape index (κ3) is 3.60. The van der Waals surface area contributed by atoms with Crippen molar-refractivity contribution in [3.63, 3.8) is 0 Å². The van der Waals surface area contributed by atoms with E-state index in [1.807, 2.05) is 6.07 Å². The average Bonchev–Trinajstić information content (AvgIpc) is 3.35. The van der Waals surface area contributed by atoms with Gasteiger partial charge in [-0.1, -0.05) is 18.2 Å². The number of pyridine rings is 1. The number of methoxy groups -OCH3 is 2. The summed E-state index contributed by atoms with van der Waals surface area (Å²) in [7, 11) is 2.98. The van der Waals surface area contributed by atoms with Gasteiger partial charge in [-0.25, -0.2) is 0 Å². The minimum atomic E-state index is -0.925. The number of benzene rings is 1. The van der Waals surface area contributed by atoms with Gasteiger partial charge in [-0.05, 0) is 36.8 Å². The van der Waals surface area contributed by atoms with Crippen LogP contribution >= 0.6 is 0 Å². The maximum atomic E-state index is 13.4. The van der Waals surface area contributed by atoms with Crippen molar-refractivity contribution in [2.45, 2.75) is 19.5 Å². The van der Waals surface area contributed by atoms with Crippen molar-refractivity contribution in [2.24, 2.45) is 0 Å². The first-order valence-corrected chi connectivity index (χ1v) is 9.91. The zero-order chi connectivity index (χ0) is 22.8. The summed E-state index contributed by atoms with van der Waals surface area (Å²) in [5, 5.41) is 10.8. The fourth-order valence-corrected chi connectivity index (χ4v) is 3.88. The number of hydrogen-bond acceptors (Lipinski definition) is 7. The Kier molecular flexibility index (Phi) is 5.68. The van der Waals surface area contributed by atoms with E-state index in [2.05, 4.69) is 4.98 Å². The van der Waals surface area contributed by atoms with Crippen LogP contribution in [0.25, 0.3) is 0 Å². The van der Waals surface area contributed by atoms with Gasteiger partial charge in [0.2, 0.25) is 5.78 Å². The van der Waals surface area contributed by atoms with Crippen molar-refractivity contribution in [1.82, 2.24) is 9.88 Å². The Hall–Kier alpha value is -4.07. The molecule has 8 nitrogen and oxygen atoms in total. The lowest BCUT2D eigenvalue weighted by Gasteiger charge is -2.28. The predicted molar refractivity (Wildman–Crippen MR) is 115 cm³/mol. The standard InChI is InChI=1S/C24H22N2O6/c1-14-9-10-17(32-14)21(27)19-20(16-7-4-8-18(30-2)23(16)31-3)26(24(29)22(19)28)13-15-6-5-11-25-12-15/h4-12,20,28H,13H2,1-3H3. The molecule has 0 saturated carbocycles. The van der Waals surface area contributed by atoms with E-state index in [-0.39, 0.29) is 17.9 Å². The van der Waals surface area contributed by atoms with Gasteiger partial charge in [-0.15, -0.1) is 0 Å². The summed E-state index contributed by atoms with van der Waals surface area (Å²) >= 11 is 0. The number of ketones is 1. The van der Waals surface area contributed by atoms with Gasteiger partial charge >= 0.3 is 0 Å². The molecule has 164 valence electrons. The Morgan fingerprint density at radius 1 is 1.16 bits per heavy atom. The first-order chi connectivity index (χ1) is 15.5. The quantitative estimate of drug-likeness (QED) is 0.565. The number of para-hydroxylation sites is 1. The molecule has 1 amide bonds. The molecule has 1 aromatic carbocycles. The number of aliphatic hydroxyl groups excluding tert-OH is 1. The van der Waals surface area contributed by atoms with Crippen LogP contribution in [0, 0.1) is 6.92 Å². The molecule has 2 aromatic heterocycles. The summed E-state index contributed by atoms with van der Waals surface area (Å²) < 4.78 is 16.5. The highest BCUT2D eigenvalue weighted by atomic mass is 16.5. The van der Waals surface area contributed by atoms with Crippen molar-refractivity contribution < 1.29 is 28.6 Å². The Labute approximate surface area is 184 Å². The Bertz CT molecular complexity index is 1200. The first kappa shape index (κ1) is 21.2. The van der Waals surface area contributed by atoms with E-state index < -0.39 is 23.5 Å². The molecule has 0 radical (unpaired) electrons. The van der Waals surface area contributed by atoms with Crippen LogP contribution in [0.4, 0.5) is 0 Å². The number of aromatic nitrogens is 1. The van der Waals surface area contributed by atoms with E-state index in [4.69, 9.17) is 13.9 Å². The number of carbonyl (C=O) groups excluding carboxylic acids is 2. The number of ether oxygens (including phenoxy) is 2. The maximum Gasteiger partial charge on any atom is 0.290 e. The first-order valence-electron chi connectivity index (χ1n) is 9.91. The van der Waals surface area contributed by atoms with Gasteiger partial charge in [0.25, 0.3) is 5.91 Å². The lowest BCUT2D eigenvalue weighted by atomic mass is 9.94. The van der Waals surface area contributed by atoms with Crippen LogP contribution in [-0.4, -0.2) is 40.9 Å². The molecule has 0 aliphatic carbocycles. The SMILES string of the molecule is COc1cccc(C2C(C(=O)c3ccc(C)o3)=C(O)C(=O)N2Cc2cccnc2)c1OC. The second-order valence-corrected chi connectivity index (χ2v) is 7.28. The highest BCUT2D eigenvalue weighted by Crippen LogP contribution is 2.45. The average molecular weight is 434 g/mol. The van der Waals surface area contributed by atoms with E-state index in [9.17, 15) is 14.7 Å². The third-order valence-electron chi connectivity index (χ3n) is 5.32. The van der Waals surface area contributed by atoms with Gasteiger partial charge < -0.3 is 23.9 Å². The molecule has 0 spiro atoms. The van der Waals surface area contributed by atoms with Gasteiger partial charge in [-0.3, -0.25) is 14.6 Å². The van der Waals surface area contributed by atoms with Crippen molar-refractivity contribution >= 4 is 11.7 Å². The van der Waals surface area contributed by atoms with Crippen molar-refractivity contribution in [2.75, 3.05) is 14.2 Å². The molecule has 1 aliphatic heterocycles. The van der Waals surface area contributed by atoms with Crippen LogP contribution in [-0.2, 0) is 11.3 Å². The zero-order valence-electron chi connectivity index (χ0n) is 17.9. The summed E-state index contributed by atoms with van der Waals surface area (Å²) in [6, 6.07) is 11.0. The summed E-state index contributed by atoms with van der Waals surface area (Å²) in [4.78, 5) is 32.0. The normalized spacial score (nSPS) is 15.9. The molecule has 4 rings (SSSR count). The van der Waals surface area contributed by atoms with E-state index >= 15 is 0 Å². The van der Waals surface area contributed by atoms with Gasteiger partial charge in [0.1, 0.15) is 5.76 Å². The number of Topliss-reactive ketones (excluding diaryl/α,β-unsaturated/α-hetero) is 1.